The molecule has 0 atom stereocenters. The summed E-state index contributed by atoms with van der Waals surface area (Å²) in [5.74, 6) is 1.30. The Balaban J connectivity index is 2.53. The van der Waals surface area contributed by atoms with E-state index in [1.165, 1.54) is 0 Å². The molecule has 0 heterocycles. The number of nitrogens with zero attached hydrogens (tertiary/aromatic N) is 1. The lowest BCUT2D eigenvalue weighted by atomic mass is 9.97. The lowest BCUT2D eigenvalue weighted by molar-refractivity contribution is 0.356. The first-order valence-corrected chi connectivity index (χ1v) is 6.26. The molecule has 3 rings (SSSR count). The molecule has 3 aromatic carbocycles. The van der Waals surface area contributed by atoms with Gasteiger partial charge in [-0.05, 0) is 34.4 Å². The number of benzene rings is 3. The summed E-state index contributed by atoms with van der Waals surface area (Å²) in [7, 11) is 3.21. The van der Waals surface area contributed by atoms with E-state index in [1.807, 2.05) is 42.5 Å². The Kier molecular flexibility index (Phi) is 2.92. The maximum absolute atomic E-state index is 9.36. The van der Waals surface area contributed by atoms with Crippen LogP contribution in [0.25, 0.3) is 21.5 Å². The molecule has 0 aromatic heterocycles. The van der Waals surface area contributed by atoms with Crippen LogP contribution in [-0.4, -0.2) is 14.2 Å². The van der Waals surface area contributed by atoms with Crippen molar-refractivity contribution in [3.63, 3.8) is 0 Å². The molecule has 0 aliphatic rings. The second-order valence-corrected chi connectivity index (χ2v) is 4.51. The van der Waals surface area contributed by atoms with Gasteiger partial charge in [-0.1, -0.05) is 24.3 Å². The van der Waals surface area contributed by atoms with Crippen LogP contribution in [0, 0.1) is 11.3 Å². The molecule has 0 bridgehead atoms. The van der Waals surface area contributed by atoms with Gasteiger partial charge in [0.05, 0.1) is 25.9 Å². The molecule has 3 nitrogen and oxygen atoms in total. The first-order valence-electron chi connectivity index (χ1n) is 6.26. The highest BCUT2D eigenvalue weighted by atomic mass is 16.5. The predicted octanol–water partition coefficient (Wildman–Crippen LogP) is 3.88. The normalized spacial score (nSPS) is 10.4. The van der Waals surface area contributed by atoms with Crippen LogP contribution in [0.4, 0.5) is 0 Å². The second-order valence-electron chi connectivity index (χ2n) is 4.51. The van der Waals surface area contributed by atoms with Crippen molar-refractivity contribution in [2.24, 2.45) is 0 Å². The first kappa shape index (κ1) is 12.3. The van der Waals surface area contributed by atoms with E-state index in [0.717, 1.165) is 21.5 Å². The molecule has 0 aliphatic carbocycles. The first-order chi connectivity index (χ1) is 9.78. The van der Waals surface area contributed by atoms with Gasteiger partial charge in [-0.15, -0.1) is 0 Å². The van der Waals surface area contributed by atoms with Gasteiger partial charge in [0, 0.05) is 5.39 Å². The number of methoxy groups -OCH3 is 2. The van der Waals surface area contributed by atoms with Crippen LogP contribution in [0.1, 0.15) is 5.56 Å². The minimum Gasteiger partial charge on any atom is -0.493 e. The highest BCUT2D eigenvalue weighted by molar-refractivity contribution is 6.10. The van der Waals surface area contributed by atoms with E-state index in [0.29, 0.717) is 17.1 Å². The average Bonchev–Trinajstić information content (AvgIpc) is 2.52. The van der Waals surface area contributed by atoms with E-state index < -0.39 is 0 Å². The molecule has 20 heavy (non-hydrogen) atoms. The third-order valence-corrected chi connectivity index (χ3v) is 3.49. The maximum atomic E-state index is 9.36. The van der Waals surface area contributed by atoms with E-state index in [4.69, 9.17) is 9.47 Å². The molecule has 0 unspecified atom stereocenters. The van der Waals surface area contributed by atoms with Gasteiger partial charge in [-0.2, -0.15) is 5.26 Å². The van der Waals surface area contributed by atoms with Crippen molar-refractivity contribution < 1.29 is 9.47 Å². The van der Waals surface area contributed by atoms with Gasteiger partial charge in [0.2, 0.25) is 0 Å². The number of ether oxygens (including phenoxy) is 2. The second kappa shape index (κ2) is 4.75. The zero-order valence-corrected chi connectivity index (χ0v) is 11.3. The average molecular weight is 263 g/mol. The third-order valence-electron chi connectivity index (χ3n) is 3.49. The summed E-state index contributed by atoms with van der Waals surface area (Å²) in [5.41, 5.74) is 0.639. The van der Waals surface area contributed by atoms with Crippen LogP contribution in [0.3, 0.4) is 0 Å². The van der Waals surface area contributed by atoms with Gasteiger partial charge >= 0.3 is 0 Å². The zero-order chi connectivity index (χ0) is 14.1. The van der Waals surface area contributed by atoms with Crippen molar-refractivity contribution in [2.45, 2.75) is 0 Å². The van der Waals surface area contributed by atoms with Gasteiger partial charge in [0.25, 0.3) is 0 Å². The molecule has 0 fully saturated rings. The van der Waals surface area contributed by atoms with Crippen molar-refractivity contribution in [1.82, 2.24) is 0 Å². The molecule has 3 heteroatoms. The van der Waals surface area contributed by atoms with Crippen molar-refractivity contribution in [1.29, 1.82) is 5.26 Å². The minimum absolute atomic E-state index is 0.631. The van der Waals surface area contributed by atoms with Crippen LogP contribution >= 0.6 is 0 Å². The summed E-state index contributed by atoms with van der Waals surface area (Å²) >= 11 is 0. The Labute approximate surface area is 117 Å². The summed E-state index contributed by atoms with van der Waals surface area (Å²) < 4.78 is 10.7. The topological polar surface area (TPSA) is 42.2 Å². The molecule has 0 spiro atoms. The van der Waals surface area contributed by atoms with E-state index in [9.17, 15) is 5.26 Å². The molecule has 0 N–H and O–H groups in total. The van der Waals surface area contributed by atoms with Gasteiger partial charge in [0.15, 0.2) is 11.5 Å². The molecule has 0 radical (unpaired) electrons. The van der Waals surface area contributed by atoms with Crippen LogP contribution in [-0.2, 0) is 0 Å². The van der Waals surface area contributed by atoms with Crippen LogP contribution in [0.5, 0.6) is 11.5 Å². The van der Waals surface area contributed by atoms with Gasteiger partial charge in [-0.3, -0.25) is 0 Å². The smallest absolute Gasteiger partial charge is 0.161 e. The minimum atomic E-state index is 0.631. The fraction of sp³-hybridized carbons (Fsp3) is 0.118. The monoisotopic (exact) mass is 263 g/mol. The number of nitriles is 1. The highest BCUT2D eigenvalue weighted by Crippen LogP contribution is 2.37. The highest BCUT2D eigenvalue weighted by Gasteiger charge is 2.11. The third kappa shape index (κ3) is 1.74. The molecule has 0 aliphatic heterocycles. The maximum Gasteiger partial charge on any atom is 0.161 e. The number of rotatable bonds is 2. The summed E-state index contributed by atoms with van der Waals surface area (Å²) in [6, 6.07) is 16.0. The zero-order valence-electron chi connectivity index (χ0n) is 11.3. The SMILES string of the molecule is COc1cc2c(C#N)cc3ccccc3c2cc1OC. The van der Waals surface area contributed by atoms with Crippen molar-refractivity contribution in [3.05, 3.63) is 48.0 Å². The quantitative estimate of drug-likeness (QED) is 0.659. The molecular formula is C17H13NO2. The van der Waals surface area contributed by atoms with Crippen molar-refractivity contribution in [3.8, 4) is 17.6 Å². The molecular weight excluding hydrogens is 250 g/mol. The van der Waals surface area contributed by atoms with E-state index in [2.05, 4.69) is 6.07 Å². The Bertz CT molecular complexity index is 847. The summed E-state index contributed by atoms with van der Waals surface area (Å²) in [6.45, 7) is 0. The summed E-state index contributed by atoms with van der Waals surface area (Å²) in [5, 5.41) is 13.4. The Morgan fingerprint density at radius 3 is 2.15 bits per heavy atom. The molecule has 0 saturated heterocycles. The van der Waals surface area contributed by atoms with Crippen LogP contribution in [0.15, 0.2) is 42.5 Å². The molecule has 98 valence electrons. The Hall–Kier alpha value is -2.73. The van der Waals surface area contributed by atoms with E-state index >= 15 is 0 Å². The van der Waals surface area contributed by atoms with Gasteiger partial charge < -0.3 is 9.47 Å². The van der Waals surface area contributed by atoms with Crippen LogP contribution in [0.2, 0.25) is 0 Å². The lowest BCUT2D eigenvalue weighted by Crippen LogP contribution is -1.92. The van der Waals surface area contributed by atoms with Crippen LogP contribution < -0.4 is 9.47 Å². The number of hydrogen-bond acceptors (Lipinski definition) is 3. The molecule has 3 aromatic rings. The van der Waals surface area contributed by atoms with E-state index in [1.54, 1.807) is 14.2 Å². The summed E-state index contributed by atoms with van der Waals surface area (Å²) in [4.78, 5) is 0. The molecule has 0 saturated carbocycles. The van der Waals surface area contributed by atoms with Gasteiger partial charge in [0.1, 0.15) is 0 Å². The number of hydrogen-bond donors (Lipinski definition) is 0. The Morgan fingerprint density at radius 1 is 0.850 bits per heavy atom. The van der Waals surface area contributed by atoms with Crippen molar-refractivity contribution in [2.75, 3.05) is 14.2 Å². The molecule has 0 amide bonds. The Morgan fingerprint density at radius 2 is 1.50 bits per heavy atom. The van der Waals surface area contributed by atoms with Gasteiger partial charge in [-0.25, -0.2) is 0 Å². The van der Waals surface area contributed by atoms with E-state index in [-0.39, 0.29) is 0 Å². The largest absolute Gasteiger partial charge is 0.493 e. The summed E-state index contributed by atoms with van der Waals surface area (Å²) in [6.07, 6.45) is 0. The fourth-order valence-corrected chi connectivity index (χ4v) is 2.52. The lowest BCUT2D eigenvalue weighted by Gasteiger charge is -2.12. The van der Waals surface area contributed by atoms with Crippen molar-refractivity contribution >= 4 is 21.5 Å². The number of fused-ring (bicyclic) bond motifs is 3. The standard InChI is InChI=1S/C17H13NO2/c1-19-16-8-14-12(10-18)7-11-5-3-4-6-13(11)15(14)9-17(16)20-2/h3-9H,1-2H3. The fourth-order valence-electron chi connectivity index (χ4n) is 2.52. The predicted molar refractivity (Wildman–Crippen MR) is 79.3 cm³/mol.